The van der Waals surface area contributed by atoms with Crippen LogP contribution in [0.25, 0.3) is 22.6 Å². The Morgan fingerprint density at radius 2 is 1.73 bits per heavy atom. The molecule has 4 rings (SSSR count). The molecule has 1 aromatic heterocycles. The van der Waals surface area contributed by atoms with Crippen LogP contribution in [0.4, 0.5) is 5.69 Å². The summed E-state index contributed by atoms with van der Waals surface area (Å²) in [4.78, 5) is 17.1. The monoisotopic (exact) mass is 400 g/mol. The van der Waals surface area contributed by atoms with E-state index in [9.17, 15) is 4.79 Å². The van der Waals surface area contributed by atoms with Gasteiger partial charge in [0.15, 0.2) is 12.2 Å². The van der Waals surface area contributed by atoms with Gasteiger partial charge in [-0.1, -0.05) is 24.3 Å². The number of carbonyl (C=O) groups excluding carboxylic acids is 1. The molecular formula is C25H24N2O3. The molecule has 0 spiro atoms. The summed E-state index contributed by atoms with van der Waals surface area (Å²) in [5.74, 6) is 1.03. The summed E-state index contributed by atoms with van der Waals surface area (Å²) in [5, 5.41) is 2.93. The summed E-state index contributed by atoms with van der Waals surface area (Å²) in [6.07, 6.45) is 0. The number of aryl methyl sites for hydroxylation is 3. The van der Waals surface area contributed by atoms with Gasteiger partial charge in [-0.15, -0.1) is 0 Å². The van der Waals surface area contributed by atoms with Crippen molar-refractivity contribution in [3.8, 4) is 17.2 Å². The van der Waals surface area contributed by atoms with Gasteiger partial charge in [0.25, 0.3) is 5.91 Å². The highest BCUT2D eigenvalue weighted by molar-refractivity contribution is 5.93. The summed E-state index contributed by atoms with van der Waals surface area (Å²) >= 11 is 0. The predicted octanol–water partition coefficient (Wildman–Crippen LogP) is 5.75. The number of benzene rings is 3. The molecule has 1 heterocycles. The Balaban J connectivity index is 1.54. The van der Waals surface area contributed by atoms with E-state index in [0.717, 1.165) is 33.4 Å². The van der Waals surface area contributed by atoms with Gasteiger partial charge in [-0.05, 0) is 80.3 Å². The van der Waals surface area contributed by atoms with E-state index in [4.69, 9.17) is 9.15 Å². The lowest BCUT2D eigenvalue weighted by atomic mass is 10.1. The first-order valence-electron chi connectivity index (χ1n) is 9.88. The van der Waals surface area contributed by atoms with E-state index >= 15 is 0 Å². The van der Waals surface area contributed by atoms with Crippen LogP contribution in [0.3, 0.4) is 0 Å². The molecular weight excluding hydrogens is 376 g/mol. The van der Waals surface area contributed by atoms with Crippen LogP contribution >= 0.6 is 0 Å². The average molecular weight is 400 g/mol. The minimum absolute atomic E-state index is 0.0596. The Hall–Kier alpha value is -3.60. The second kappa shape index (κ2) is 8.03. The van der Waals surface area contributed by atoms with E-state index in [2.05, 4.69) is 24.1 Å². The van der Waals surface area contributed by atoms with Gasteiger partial charge in [0.05, 0.1) is 0 Å². The quantitative estimate of drug-likeness (QED) is 0.463. The molecule has 0 aliphatic rings. The van der Waals surface area contributed by atoms with Crippen molar-refractivity contribution in [1.82, 2.24) is 4.98 Å². The number of amides is 1. The SMILES string of the molecule is Cc1cc2nc(-c3cccc(NC(=O)COc4ccccc4C)c3C)oc2cc1C. The standard InChI is InChI=1S/C25H24N2O3/c1-15-8-5-6-11-22(15)29-14-24(28)26-20-10-7-9-19(18(20)4)25-27-21-12-16(2)17(3)13-23(21)30-25/h5-13H,14H2,1-4H3,(H,26,28). The maximum absolute atomic E-state index is 12.4. The Bertz CT molecular complexity index is 1200. The molecule has 0 unspecified atom stereocenters. The largest absolute Gasteiger partial charge is 0.483 e. The van der Waals surface area contributed by atoms with Gasteiger partial charge in [0, 0.05) is 11.3 Å². The molecule has 0 bridgehead atoms. The molecule has 0 fully saturated rings. The molecule has 0 radical (unpaired) electrons. The van der Waals surface area contributed by atoms with Gasteiger partial charge in [-0.2, -0.15) is 0 Å². The van der Waals surface area contributed by atoms with Crippen LogP contribution in [0.2, 0.25) is 0 Å². The fourth-order valence-corrected chi connectivity index (χ4v) is 3.35. The van der Waals surface area contributed by atoms with Crippen molar-refractivity contribution in [2.75, 3.05) is 11.9 Å². The molecule has 4 aromatic rings. The van der Waals surface area contributed by atoms with Crippen molar-refractivity contribution in [3.05, 3.63) is 76.9 Å². The summed E-state index contributed by atoms with van der Waals surface area (Å²) in [6.45, 7) is 7.94. The molecule has 0 aliphatic carbocycles. The predicted molar refractivity (Wildman–Crippen MR) is 119 cm³/mol. The van der Waals surface area contributed by atoms with Crippen LogP contribution in [0.15, 0.2) is 59.0 Å². The van der Waals surface area contributed by atoms with E-state index in [1.54, 1.807) is 0 Å². The number of para-hydroxylation sites is 1. The summed E-state index contributed by atoms with van der Waals surface area (Å²) in [6, 6.07) is 17.3. The third-order valence-corrected chi connectivity index (χ3v) is 5.29. The van der Waals surface area contributed by atoms with Gasteiger partial charge in [-0.3, -0.25) is 4.79 Å². The molecule has 0 atom stereocenters. The topological polar surface area (TPSA) is 64.4 Å². The van der Waals surface area contributed by atoms with Crippen LogP contribution in [0.5, 0.6) is 5.75 Å². The number of oxazole rings is 1. The second-order valence-electron chi connectivity index (χ2n) is 7.50. The van der Waals surface area contributed by atoms with Crippen LogP contribution in [-0.2, 0) is 4.79 Å². The summed E-state index contributed by atoms with van der Waals surface area (Å²) in [5.41, 5.74) is 7.36. The summed E-state index contributed by atoms with van der Waals surface area (Å²) in [7, 11) is 0. The number of hydrogen-bond donors (Lipinski definition) is 1. The van der Waals surface area contributed by atoms with Gasteiger partial charge < -0.3 is 14.5 Å². The first-order valence-corrected chi connectivity index (χ1v) is 9.88. The van der Waals surface area contributed by atoms with Gasteiger partial charge >= 0.3 is 0 Å². The van der Waals surface area contributed by atoms with Crippen LogP contribution in [0.1, 0.15) is 22.3 Å². The third kappa shape index (κ3) is 3.92. The lowest BCUT2D eigenvalue weighted by molar-refractivity contribution is -0.118. The number of aromatic nitrogens is 1. The number of nitrogens with zero attached hydrogens (tertiary/aromatic N) is 1. The van der Waals surface area contributed by atoms with E-state index in [1.807, 2.05) is 68.4 Å². The number of fused-ring (bicyclic) bond motifs is 1. The zero-order chi connectivity index (χ0) is 21.3. The molecule has 152 valence electrons. The van der Waals surface area contributed by atoms with E-state index in [1.165, 1.54) is 5.56 Å². The number of rotatable bonds is 5. The first kappa shape index (κ1) is 19.7. The normalized spacial score (nSPS) is 10.9. The minimum Gasteiger partial charge on any atom is -0.483 e. The Morgan fingerprint density at radius 1 is 0.967 bits per heavy atom. The number of anilines is 1. The maximum atomic E-state index is 12.4. The Labute approximate surface area is 175 Å². The molecule has 0 aliphatic heterocycles. The molecule has 0 saturated heterocycles. The first-order chi connectivity index (χ1) is 14.4. The zero-order valence-corrected chi connectivity index (χ0v) is 17.6. The van der Waals surface area contributed by atoms with E-state index in [-0.39, 0.29) is 12.5 Å². The summed E-state index contributed by atoms with van der Waals surface area (Å²) < 4.78 is 11.6. The average Bonchev–Trinajstić information content (AvgIpc) is 3.11. The maximum Gasteiger partial charge on any atom is 0.262 e. The van der Waals surface area contributed by atoms with Crippen molar-refractivity contribution in [2.45, 2.75) is 27.7 Å². The smallest absolute Gasteiger partial charge is 0.262 e. The van der Waals surface area contributed by atoms with Gasteiger partial charge in [0.2, 0.25) is 5.89 Å². The lowest BCUT2D eigenvalue weighted by Gasteiger charge is -2.12. The lowest BCUT2D eigenvalue weighted by Crippen LogP contribution is -2.21. The molecule has 5 heteroatoms. The molecule has 3 aromatic carbocycles. The van der Waals surface area contributed by atoms with E-state index in [0.29, 0.717) is 17.3 Å². The number of nitrogens with one attached hydrogen (secondary N) is 1. The number of hydrogen-bond acceptors (Lipinski definition) is 4. The molecule has 5 nitrogen and oxygen atoms in total. The highest BCUT2D eigenvalue weighted by Gasteiger charge is 2.15. The minimum atomic E-state index is -0.220. The second-order valence-corrected chi connectivity index (χ2v) is 7.50. The highest BCUT2D eigenvalue weighted by atomic mass is 16.5. The molecule has 30 heavy (non-hydrogen) atoms. The highest BCUT2D eigenvalue weighted by Crippen LogP contribution is 2.31. The van der Waals surface area contributed by atoms with Crippen molar-refractivity contribution in [2.24, 2.45) is 0 Å². The van der Waals surface area contributed by atoms with Crippen molar-refractivity contribution in [3.63, 3.8) is 0 Å². The van der Waals surface area contributed by atoms with Gasteiger partial charge in [0.1, 0.15) is 11.3 Å². The molecule has 1 amide bonds. The molecule has 0 saturated carbocycles. The van der Waals surface area contributed by atoms with Crippen LogP contribution in [-0.4, -0.2) is 17.5 Å². The number of carbonyl (C=O) groups is 1. The zero-order valence-electron chi connectivity index (χ0n) is 17.6. The Morgan fingerprint density at radius 3 is 2.53 bits per heavy atom. The van der Waals surface area contributed by atoms with Gasteiger partial charge in [-0.25, -0.2) is 4.98 Å². The Kier molecular flexibility index (Phi) is 5.27. The van der Waals surface area contributed by atoms with Crippen molar-refractivity contribution in [1.29, 1.82) is 0 Å². The van der Waals surface area contributed by atoms with Crippen LogP contribution < -0.4 is 10.1 Å². The van der Waals surface area contributed by atoms with Crippen molar-refractivity contribution < 1.29 is 13.9 Å². The third-order valence-electron chi connectivity index (χ3n) is 5.29. The fourth-order valence-electron chi connectivity index (χ4n) is 3.35. The van der Waals surface area contributed by atoms with E-state index < -0.39 is 0 Å². The van der Waals surface area contributed by atoms with Crippen molar-refractivity contribution >= 4 is 22.7 Å². The van der Waals surface area contributed by atoms with Crippen LogP contribution in [0, 0.1) is 27.7 Å². The molecule has 1 N–H and O–H groups in total. The fraction of sp³-hybridized carbons (Fsp3) is 0.200. The number of ether oxygens (including phenoxy) is 1.